The predicted octanol–water partition coefficient (Wildman–Crippen LogP) is 8.04. The molecule has 6 nitrogen and oxygen atoms in total. The van der Waals surface area contributed by atoms with Crippen LogP contribution in [0.15, 0.2) is 24.3 Å². The molecule has 2 N–H and O–H groups in total. The van der Waals surface area contributed by atoms with Gasteiger partial charge in [0.1, 0.15) is 5.02 Å². The molecule has 0 bridgehead atoms. The Morgan fingerprint density at radius 2 is 1.46 bits per heavy atom. The standard InChI is InChI=1S/C30H46ClN5O/c1-5-6-7-8-9-10-11-12-13-14-15-16-21-32-25(37)22-23-17-19-24(20-18-23)28-33-29-26(31)27(30(2,3)4)34-36(29)35-28/h17-20H,5-16,21-22H2,1-4H3,(H,32,37)(H,33,35). The molecule has 1 aromatic carbocycles. The molecular formula is C30H46ClN5O. The van der Waals surface area contributed by atoms with Crippen LogP contribution in [-0.2, 0) is 16.6 Å². The van der Waals surface area contributed by atoms with Gasteiger partial charge < -0.3 is 10.3 Å². The number of unbranched alkanes of at least 4 members (excludes halogenated alkanes) is 11. The third-order valence-electron chi connectivity index (χ3n) is 6.90. The van der Waals surface area contributed by atoms with Gasteiger partial charge in [0.2, 0.25) is 5.91 Å². The number of carbonyl (C=O) groups is 1. The minimum atomic E-state index is -0.152. The molecule has 0 aliphatic heterocycles. The molecular weight excluding hydrogens is 482 g/mol. The Hall–Kier alpha value is -2.34. The summed E-state index contributed by atoms with van der Waals surface area (Å²) in [7, 11) is 0. The molecule has 0 radical (unpaired) electrons. The maximum absolute atomic E-state index is 12.3. The van der Waals surface area contributed by atoms with Crippen molar-refractivity contribution in [3.8, 4) is 11.4 Å². The number of H-pyrrole nitrogens is 1. The number of rotatable bonds is 16. The lowest BCUT2D eigenvalue weighted by molar-refractivity contribution is -0.120. The first-order valence-electron chi connectivity index (χ1n) is 14.3. The van der Waals surface area contributed by atoms with Crippen LogP contribution in [0.1, 0.15) is 116 Å². The molecule has 1 amide bonds. The molecule has 0 spiro atoms. The Labute approximate surface area is 228 Å². The lowest BCUT2D eigenvalue weighted by atomic mass is 9.92. The van der Waals surface area contributed by atoms with Crippen LogP contribution in [0.25, 0.3) is 17.0 Å². The van der Waals surface area contributed by atoms with Gasteiger partial charge >= 0.3 is 0 Å². The number of amides is 1. The van der Waals surface area contributed by atoms with Crippen LogP contribution in [0.2, 0.25) is 5.02 Å². The molecule has 3 rings (SSSR count). The lowest BCUT2D eigenvalue weighted by Crippen LogP contribution is -2.26. The summed E-state index contributed by atoms with van der Waals surface area (Å²) in [5.41, 5.74) is 3.29. The van der Waals surface area contributed by atoms with Crippen molar-refractivity contribution in [1.29, 1.82) is 0 Å². The highest BCUT2D eigenvalue weighted by Gasteiger charge is 2.25. The number of nitrogens with zero attached hydrogens (tertiary/aromatic N) is 3. The largest absolute Gasteiger partial charge is 0.356 e. The Bertz CT molecular complexity index is 1090. The molecule has 0 unspecified atom stereocenters. The van der Waals surface area contributed by atoms with E-state index in [4.69, 9.17) is 11.6 Å². The van der Waals surface area contributed by atoms with Crippen molar-refractivity contribution in [1.82, 2.24) is 25.1 Å². The quantitative estimate of drug-likeness (QED) is 0.185. The number of carbonyl (C=O) groups excluding carboxylic acids is 1. The fourth-order valence-electron chi connectivity index (χ4n) is 4.63. The van der Waals surface area contributed by atoms with Crippen molar-refractivity contribution in [2.75, 3.05) is 6.54 Å². The Balaban J connectivity index is 1.31. The maximum atomic E-state index is 12.3. The number of halogens is 1. The zero-order chi connectivity index (χ0) is 26.7. The van der Waals surface area contributed by atoms with Gasteiger partial charge in [-0.2, -0.15) is 5.10 Å². The van der Waals surface area contributed by atoms with Crippen LogP contribution in [0.3, 0.4) is 0 Å². The lowest BCUT2D eigenvalue weighted by Gasteiger charge is -2.14. The van der Waals surface area contributed by atoms with E-state index in [2.05, 4.69) is 48.2 Å². The maximum Gasteiger partial charge on any atom is 0.224 e. The monoisotopic (exact) mass is 527 g/mol. The summed E-state index contributed by atoms with van der Waals surface area (Å²) in [4.78, 5) is 15.6. The molecule has 0 aliphatic carbocycles. The number of aromatic amines is 1. The van der Waals surface area contributed by atoms with Crippen LogP contribution in [0, 0.1) is 0 Å². The van der Waals surface area contributed by atoms with Gasteiger partial charge in [-0.1, -0.05) is 134 Å². The van der Waals surface area contributed by atoms with Crippen LogP contribution < -0.4 is 5.32 Å². The topological polar surface area (TPSA) is 75.1 Å². The molecule has 0 saturated heterocycles. The van der Waals surface area contributed by atoms with E-state index >= 15 is 0 Å². The first kappa shape index (κ1) is 29.2. The molecule has 37 heavy (non-hydrogen) atoms. The van der Waals surface area contributed by atoms with Crippen LogP contribution in [0.5, 0.6) is 0 Å². The average molecular weight is 528 g/mol. The number of hydrogen-bond acceptors (Lipinski definition) is 3. The Kier molecular flexibility index (Phi) is 11.5. The van der Waals surface area contributed by atoms with Gasteiger partial charge in [0.25, 0.3) is 0 Å². The number of benzene rings is 1. The highest BCUT2D eigenvalue weighted by atomic mass is 35.5. The van der Waals surface area contributed by atoms with E-state index in [1.54, 1.807) is 4.63 Å². The summed E-state index contributed by atoms with van der Waals surface area (Å²) >= 11 is 6.54. The molecule has 0 atom stereocenters. The second-order valence-electron chi connectivity index (χ2n) is 11.3. The van der Waals surface area contributed by atoms with Gasteiger partial charge in [0.15, 0.2) is 11.5 Å². The summed E-state index contributed by atoms with van der Waals surface area (Å²) in [5, 5.41) is 12.8. The van der Waals surface area contributed by atoms with Crippen LogP contribution in [0.4, 0.5) is 0 Å². The van der Waals surface area contributed by atoms with E-state index < -0.39 is 0 Å². The van der Waals surface area contributed by atoms with E-state index in [1.165, 1.54) is 70.6 Å². The number of nitrogens with one attached hydrogen (secondary N) is 2. The first-order valence-corrected chi connectivity index (χ1v) is 14.7. The second-order valence-corrected chi connectivity index (χ2v) is 11.7. The minimum absolute atomic E-state index is 0.0776. The number of hydrogen-bond donors (Lipinski definition) is 2. The highest BCUT2D eigenvalue weighted by Crippen LogP contribution is 2.31. The SMILES string of the molecule is CCCCCCCCCCCCCCNC(=O)Cc1ccc(-c2nn3nc(C(C)(C)C)c(Cl)c3[nH]2)cc1. The van der Waals surface area contributed by atoms with Crippen molar-refractivity contribution in [3.63, 3.8) is 0 Å². The summed E-state index contributed by atoms with van der Waals surface area (Å²) < 4.78 is 1.56. The van der Waals surface area contributed by atoms with E-state index in [0.29, 0.717) is 22.9 Å². The molecule has 7 heteroatoms. The van der Waals surface area contributed by atoms with Crippen molar-refractivity contribution in [2.24, 2.45) is 0 Å². The highest BCUT2D eigenvalue weighted by molar-refractivity contribution is 6.34. The summed E-state index contributed by atoms with van der Waals surface area (Å²) in [6.07, 6.45) is 16.3. The van der Waals surface area contributed by atoms with E-state index in [9.17, 15) is 4.79 Å². The van der Waals surface area contributed by atoms with Gasteiger partial charge in [-0.05, 0) is 12.0 Å². The van der Waals surface area contributed by atoms with Crippen molar-refractivity contribution in [2.45, 2.75) is 117 Å². The van der Waals surface area contributed by atoms with Crippen molar-refractivity contribution < 1.29 is 4.79 Å². The van der Waals surface area contributed by atoms with Crippen molar-refractivity contribution >= 4 is 23.2 Å². The molecule has 204 valence electrons. The zero-order valence-corrected chi connectivity index (χ0v) is 24.1. The molecule has 2 heterocycles. The molecule has 3 aromatic rings. The molecule has 2 aromatic heterocycles. The molecule has 0 saturated carbocycles. The van der Waals surface area contributed by atoms with Crippen LogP contribution in [-0.4, -0.2) is 32.3 Å². The van der Waals surface area contributed by atoms with Gasteiger partial charge in [-0.15, -0.1) is 9.73 Å². The fraction of sp³-hybridized carbons (Fsp3) is 0.633. The average Bonchev–Trinajstić information content (AvgIpc) is 3.42. The number of aromatic nitrogens is 4. The minimum Gasteiger partial charge on any atom is -0.356 e. The smallest absolute Gasteiger partial charge is 0.224 e. The molecule has 0 fully saturated rings. The Morgan fingerprint density at radius 1 is 0.892 bits per heavy atom. The summed E-state index contributed by atoms with van der Waals surface area (Å²) in [5.74, 6) is 0.779. The second kappa shape index (κ2) is 14.6. The third-order valence-corrected chi connectivity index (χ3v) is 7.26. The van der Waals surface area contributed by atoms with Gasteiger partial charge in [-0.25, -0.2) is 0 Å². The predicted molar refractivity (Wildman–Crippen MR) is 154 cm³/mol. The summed E-state index contributed by atoms with van der Waals surface area (Å²) in [6, 6.07) is 7.91. The van der Waals surface area contributed by atoms with Crippen LogP contribution >= 0.6 is 11.6 Å². The first-order chi connectivity index (χ1) is 17.8. The van der Waals surface area contributed by atoms with E-state index in [-0.39, 0.29) is 11.3 Å². The van der Waals surface area contributed by atoms with E-state index in [1.807, 2.05) is 24.3 Å². The Morgan fingerprint density at radius 3 is 2.00 bits per heavy atom. The van der Waals surface area contributed by atoms with Gasteiger partial charge in [-0.3, -0.25) is 4.79 Å². The normalized spacial score (nSPS) is 11.9. The fourth-order valence-corrected chi connectivity index (χ4v) is 5.07. The summed E-state index contributed by atoms with van der Waals surface area (Å²) in [6.45, 7) is 9.27. The van der Waals surface area contributed by atoms with Gasteiger partial charge in [0.05, 0.1) is 12.1 Å². The van der Waals surface area contributed by atoms with Gasteiger partial charge in [0, 0.05) is 17.5 Å². The van der Waals surface area contributed by atoms with E-state index in [0.717, 1.165) is 29.8 Å². The zero-order valence-electron chi connectivity index (χ0n) is 23.3. The third kappa shape index (κ3) is 9.17. The van der Waals surface area contributed by atoms with Crippen molar-refractivity contribution in [3.05, 3.63) is 40.5 Å². The number of fused-ring (bicyclic) bond motifs is 1. The molecule has 0 aliphatic rings.